The number of rotatable bonds is 7. The van der Waals surface area contributed by atoms with Gasteiger partial charge in [0.2, 0.25) is 0 Å². The lowest BCUT2D eigenvalue weighted by molar-refractivity contribution is 0.353. The van der Waals surface area contributed by atoms with Gasteiger partial charge in [0.05, 0.1) is 19.9 Å². The van der Waals surface area contributed by atoms with E-state index in [9.17, 15) is 8.42 Å². The summed E-state index contributed by atoms with van der Waals surface area (Å²) in [5, 5.41) is 0. The van der Waals surface area contributed by atoms with E-state index in [-0.39, 0.29) is 4.90 Å². The van der Waals surface area contributed by atoms with E-state index in [1.165, 1.54) is 16.1 Å². The first-order valence-corrected chi connectivity index (χ1v) is 11.9. The Kier molecular flexibility index (Phi) is 6.23. The molecule has 0 atom stereocenters. The molecule has 1 aliphatic rings. The topological polar surface area (TPSA) is 72.0 Å². The molecular weight excluding hydrogens is 426 g/mol. The van der Waals surface area contributed by atoms with Crippen molar-refractivity contribution in [1.29, 1.82) is 0 Å². The Morgan fingerprint density at radius 3 is 2.28 bits per heavy atom. The van der Waals surface area contributed by atoms with Crippen molar-refractivity contribution < 1.29 is 17.9 Å². The number of hydrogen-bond donors (Lipinski definition) is 0. The fourth-order valence-corrected chi connectivity index (χ4v) is 5.42. The standard InChI is InChI=1S/C24H27N3O4S/c1-4-27(20-8-6-5-7-9-20)32(28,29)21-10-11-24(25-16-21)26-13-12-18-14-22(30-2)23(31-3)15-19(18)17-26/h5-11,14-16H,4,12-13,17H2,1-3H3. The Morgan fingerprint density at radius 2 is 1.69 bits per heavy atom. The number of fused-ring (bicyclic) bond motifs is 1. The molecule has 3 aromatic rings. The van der Waals surface area contributed by atoms with Gasteiger partial charge in [-0.25, -0.2) is 13.4 Å². The quantitative estimate of drug-likeness (QED) is 0.541. The summed E-state index contributed by atoms with van der Waals surface area (Å²) in [5.41, 5.74) is 3.00. The minimum absolute atomic E-state index is 0.177. The SMILES string of the molecule is CCN(c1ccccc1)S(=O)(=O)c1ccc(N2CCc3cc(OC)c(OC)cc3C2)nc1. The third kappa shape index (κ3) is 4.10. The molecule has 0 saturated carbocycles. The van der Waals surface area contributed by atoms with Crippen LogP contribution in [0.5, 0.6) is 11.5 Å². The van der Waals surface area contributed by atoms with Crippen LogP contribution < -0.4 is 18.7 Å². The fraction of sp³-hybridized carbons (Fsp3) is 0.292. The summed E-state index contributed by atoms with van der Waals surface area (Å²) in [6.07, 6.45) is 2.29. The predicted octanol–water partition coefficient (Wildman–Crippen LogP) is 3.88. The van der Waals surface area contributed by atoms with Crippen LogP contribution in [0.25, 0.3) is 0 Å². The molecule has 0 unspecified atom stereocenters. The second kappa shape index (κ2) is 9.08. The number of para-hydroxylation sites is 1. The molecule has 0 N–H and O–H groups in total. The van der Waals surface area contributed by atoms with Gasteiger partial charge in [0.25, 0.3) is 10.0 Å². The van der Waals surface area contributed by atoms with Crippen molar-refractivity contribution in [3.8, 4) is 11.5 Å². The van der Waals surface area contributed by atoms with Gasteiger partial charge < -0.3 is 14.4 Å². The lowest BCUT2D eigenvalue weighted by Gasteiger charge is -2.30. The van der Waals surface area contributed by atoms with Crippen molar-refractivity contribution >= 4 is 21.5 Å². The lowest BCUT2D eigenvalue weighted by Crippen LogP contribution is -2.32. The van der Waals surface area contributed by atoms with Crippen LogP contribution >= 0.6 is 0 Å². The number of ether oxygens (including phenoxy) is 2. The van der Waals surface area contributed by atoms with E-state index in [4.69, 9.17) is 9.47 Å². The van der Waals surface area contributed by atoms with Gasteiger partial charge in [-0.1, -0.05) is 18.2 Å². The first-order chi connectivity index (χ1) is 15.5. The minimum atomic E-state index is -3.70. The summed E-state index contributed by atoms with van der Waals surface area (Å²) < 4.78 is 38.6. The Hall–Kier alpha value is -3.26. The van der Waals surface area contributed by atoms with E-state index in [2.05, 4.69) is 9.88 Å². The van der Waals surface area contributed by atoms with Crippen molar-refractivity contribution in [3.05, 3.63) is 71.9 Å². The number of aromatic nitrogens is 1. The third-order valence-electron chi connectivity index (χ3n) is 5.68. The predicted molar refractivity (Wildman–Crippen MR) is 125 cm³/mol. The number of anilines is 2. The zero-order chi connectivity index (χ0) is 22.7. The van der Waals surface area contributed by atoms with E-state index < -0.39 is 10.0 Å². The minimum Gasteiger partial charge on any atom is -0.493 e. The molecule has 0 bridgehead atoms. The molecule has 8 heteroatoms. The van der Waals surface area contributed by atoms with Crippen LogP contribution in [-0.2, 0) is 23.0 Å². The van der Waals surface area contributed by atoms with Gasteiger partial charge in [-0.3, -0.25) is 4.31 Å². The first kappa shape index (κ1) is 22.0. The largest absolute Gasteiger partial charge is 0.493 e. The number of benzene rings is 2. The Bertz CT molecular complexity index is 1180. The molecule has 0 aliphatic carbocycles. The number of nitrogens with zero attached hydrogens (tertiary/aromatic N) is 3. The molecule has 0 radical (unpaired) electrons. The van der Waals surface area contributed by atoms with Crippen molar-refractivity contribution in [3.63, 3.8) is 0 Å². The molecule has 0 spiro atoms. The third-order valence-corrected chi connectivity index (χ3v) is 7.57. The van der Waals surface area contributed by atoms with Gasteiger partial charge in [0, 0.05) is 25.8 Å². The van der Waals surface area contributed by atoms with Gasteiger partial charge in [-0.15, -0.1) is 0 Å². The van der Waals surface area contributed by atoms with E-state index in [0.717, 1.165) is 30.1 Å². The van der Waals surface area contributed by atoms with Crippen molar-refractivity contribution in [2.24, 2.45) is 0 Å². The Balaban J connectivity index is 1.57. The van der Waals surface area contributed by atoms with Crippen molar-refractivity contribution in [2.75, 3.05) is 36.5 Å². The first-order valence-electron chi connectivity index (χ1n) is 10.5. The van der Waals surface area contributed by atoms with Crippen molar-refractivity contribution in [1.82, 2.24) is 4.98 Å². The zero-order valence-corrected chi connectivity index (χ0v) is 19.3. The highest BCUT2D eigenvalue weighted by atomic mass is 32.2. The summed E-state index contributed by atoms with van der Waals surface area (Å²) in [6.45, 7) is 3.61. The van der Waals surface area contributed by atoms with Gasteiger partial charge in [-0.05, 0) is 60.9 Å². The molecule has 0 saturated heterocycles. The van der Waals surface area contributed by atoms with Gasteiger partial charge >= 0.3 is 0 Å². The maximum atomic E-state index is 13.2. The summed E-state index contributed by atoms with van der Waals surface area (Å²) >= 11 is 0. The van der Waals surface area contributed by atoms with Crippen LogP contribution in [0.2, 0.25) is 0 Å². The molecule has 168 valence electrons. The monoisotopic (exact) mass is 453 g/mol. The zero-order valence-electron chi connectivity index (χ0n) is 18.5. The highest BCUT2D eigenvalue weighted by Gasteiger charge is 2.25. The van der Waals surface area contributed by atoms with Crippen LogP contribution in [0, 0.1) is 0 Å². The smallest absolute Gasteiger partial charge is 0.265 e. The van der Waals surface area contributed by atoms with E-state index in [0.29, 0.717) is 24.5 Å². The van der Waals surface area contributed by atoms with Gasteiger partial charge in [0.15, 0.2) is 11.5 Å². The van der Waals surface area contributed by atoms with Crippen molar-refractivity contribution in [2.45, 2.75) is 24.8 Å². The molecule has 32 heavy (non-hydrogen) atoms. The maximum absolute atomic E-state index is 13.2. The number of sulfonamides is 1. The summed E-state index contributed by atoms with van der Waals surface area (Å²) in [5.74, 6) is 2.17. The summed E-state index contributed by atoms with van der Waals surface area (Å²) in [4.78, 5) is 6.81. The fourth-order valence-electron chi connectivity index (χ4n) is 4.00. The number of pyridine rings is 1. The normalized spacial score (nSPS) is 13.4. The van der Waals surface area contributed by atoms with E-state index >= 15 is 0 Å². The Labute approximate surface area is 189 Å². The highest BCUT2D eigenvalue weighted by molar-refractivity contribution is 7.92. The van der Waals surface area contributed by atoms with Gasteiger partial charge in [0.1, 0.15) is 10.7 Å². The highest BCUT2D eigenvalue weighted by Crippen LogP contribution is 2.34. The Morgan fingerprint density at radius 1 is 1.00 bits per heavy atom. The van der Waals surface area contributed by atoms with Crippen LogP contribution in [0.4, 0.5) is 11.5 Å². The van der Waals surface area contributed by atoms with Gasteiger partial charge in [-0.2, -0.15) is 0 Å². The van der Waals surface area contributed by atoms with Crippen LogP contribution in [-0.4, -0.2) is 40.7 Å². The molecule has 4 rings (SSSR count). The molecule has 1 aliphatic heterocycles. The molecule has 0 amide bonds. The molecule has 1 aromatic heterocycles. The van der Waals surface area contributed by atoms with E-state index in [1.54, 1.807) is 38.5 Å². The summed E-state index contributed by atoms with van der Waals surface area (Å²) in [7, 11) is -0.434. The molecule has 2 aromatic carbocycles. The van der Waals surface area contributed by atoms with Crippen LogP contribution in [0.3, 0.4) is 0 Å². The molecule has 7 nitrogen and oxygen atoms in total. The maximum Gasteiger partial charge on any atom is 0.265 e. The molecule has 0 fully saturated rings. The second-order valence-corrected chi connectivity index (χ2v) is 9.37. The van der Waals surface area contributed by atoms with Crippen LogP contribution in [0.1, 0.15) is 18.1 Å². The molecule has 2 heterocycles. The average molecular weight is 454 g/mol. The van der Waals surface area contributed by atoms with E-state index in [1.807, 2.05) is 37.3 Å². The molecular formula is C24H27N3O4S. The lowest BCUT2D eigenvalue weighted by atomic mass is 9.99. The summed E-state index contributed by atoms with van der Waals surface area (Å²) in [6, 6.07) is 16.5. The number of methoxy groups -OCH3 is 2. The van der Waals surface area contributed by atoms with Crippen LogP contribution in [0.15, 0.2) is 65.7 Å². The average Bonchev–Trinajstić information content (AvgIpc) is 2.83. The number of hydrogen-bond acceptors (Lipinski definition) is 6. The second-order valence-electron chi connectivity index (χ2n) is 7.50.